The maximum atomic E-state index is 13.1. The third kappa shape index (κ3) is 4.65. The van der Waals surface area contributed by atoms with Crippen LogP contribution in [0.4, 0.5) is 11.4 Å². The van der Waals surface area contributed by atoms with Crippen molar-refractivity contribution in [3.63, 3.8) is 0 Å². The monoisotopic (exact) mass is 457 g/mol. The smallest absolute Gasteiger partial charge is 0.337 e. The van der Waals surface area contributed by atoms with Crippen LogP contribution in [0.2, 0.25) is 0 Å². The van der Waals surface area contributed by atoms with Crippen molar-refractivity contribution in [3.05, 3.63) is 89.0 Å². The van der Waals surface area contributed by atoms with Crippen molar-refractivity contribution in [2.24, 2.45) is 0 Å². The third-order valence-corrected chi connectivity index (χ3v) is 5.54. The summed E-state index contributed by atoms with van der Waals surface area (Å²) in [5, 5.41) is 6.33. The molecule has 1 aliphatic heterocycles. The lowest BCUT2D eigenvalue weighted by atomic mass is 9.99. The number of carbonyl (C=O) groups excluding carboxylic acids is 2. The van der Waals surface area contributed by atoms with Gasteiger partial charge >= 0.3 is 5.97 Å². The van der Waals surface area contributed by atoms with Crippen LogP contribution in [-0.4, -0.2) is 45.1 Å². The van der Waals surface area contributed by atoms with E-state index in [1.807, 2.05) is 62.6 Å². The second-order valence-electron chi connectivity index (χ2n) is 8.21. The van der Waals surface area contributed by atoms with Crippen molar-refractivity contribution >= 4 is 34.5 Å². The molecule has 0 aliphatic carbocycles. The Hall–Kier alpha value is -4.10. The maximum absolute atomic E-state index is 13.1. The zero-order chi connectivity index (χ0) is 24.2. The van der Waals surface area contributed by atoms with Crippen LogP contribution in [0, 0.1) is 0 Å². The Kier molecular flexibility index (Phi) is 6.65. The number of ether oxygens (including phenoxy) is 2. The van der Waals surface area contributed by atoms with E-state index >= 15 is 0 Å². The lowest BCUT2D eigenvalue weighted by Gasteiger charge is -2.18. The van der Waals surface area contributed by atoms with Crippen LogP contribution in [0.5, 0.6) is 5.75 Å². The fourth-order valence-electron chi connectivity index (χ4n) is 3.99. The highest BCUT2D eigenvalue weighted by atomic mass is 16.5. The SMILES string of the molecule is COC(=O)c1ccc2c(c1)NC(=O)C2=C(Nc1ccc(CN(C)C)c(OC)c1)c1ccccc1. The van der Waals surface area contributed by atoms with Gasteiger partial charge in [0.15, 0.2) is 0 Å². The average molecular weight is 458 g/mol. The number of rotatable bonds is 7. The highest BCUT2D eigenvalue weighted by Gasteiger charge is 2.29. The minimum absolute atomic E-state index is 0.250. The quantitative estimate of drug-likeness (QED) is 0.402. The van der Waals surface area contributed by atoms with Crippen LogP contribution in [0.15, 0.2) is 66.7 Å². The number of nitrogens with zero attached hydrogens (tertiary/aromatic N) is 1. The minimum atomic E-state index is -0.458. The van der Waals surface area contributed by atoms with Gasteiger partial charge in [0.2, 0.25) is 0 Å². The highest BCUT2D eigenvalue weighted by Crippen LogP contribution is 2.38. The number of carbonyl (C=O) groups is 2. The number of hydrogen-bond acceptors (Lipinski definition) is 6. The van der Waals surface area contributed by atoms with Crippen molar-refractivity contribution in [2.45, 2.75) is 6.54 Å². The molecule has 1 heterocycles. The summed E-state index contributed by atoms with van der Waals surface area (Å²) in [5.74, 6) is 0.0514. The Morgan fingerprint density at radius 3 is 2.41 bits per heavy atom. The van der Waals surface area contributed by atoms with Gasteiger partial charge in [0.25, 0.3) is 5.91 Å². The van der Waals surface area contributed by atoms with E-state index in [2.05, 4.69) is 15.5 Å². The Morgan fingerprint density at radius 1 is 0.971 bits per heavy atom. The molecular formula is C27H27N3O4. The van der Waals surface area contributed by atoms with E-state index in [1.54, 1.807) is 25.3 Å². The van der Waals surface area contributed by atoms with Gasteiger partial charge in [-0.2, -0.15) is 0 Å². The van der Waals surface area contributed by atoms with Gasteiger partial charge in [-0.05, 0) is 37.9 Å². The molecular weight excluding hydrogens is 430 g/mol. The average Bonchev–Trinajstić information content (AvgIpc) is 3.17. The Balaban J connectivity index is 1.82. The fourth-order valence-corrected chi connectivity index (χ4v) is 3.99. The summed E-state index contributed by atoms with van der Waals surface area (Å²) >= 11 is 0. The van der Waals surface area contributed by atoms with Crippen molar-refractivity contribution in [1.82, 2.24) is 4.90 Å². The molecule has 0 fully saturated rings. The van der Waals surface area contributed by atoms with E-state index in [1.165, 1.54) is 7.11 Å². The zero-order valence-electron chi connectivity index (χ0n) is 19.6. The Morgan fingerprint density at radius 2 is 1.74 bits per heavy atom. The Bertz CT molecular complexity index is 1270. The van der Waals surface area contributed by atoms with Crippen LogP contribution < -0.4 is 15.4 Å². The van der Waals surface area contributed by atoms with Crippen LogP contribution >= 0.6 is 0 Å². The van der Waals surface area contributed by atoms with Gasteiger partial charge in [-0.25, -0.2) is 4.79 Å². The first-order valence-corrected chi connectivity index (χ1v) is 10.8. The first-order valence-electron chi connectivity index (χ1n) is 10.8. The topological polar surface area (TPSA) is 79.9 Å². The summed E-state index contributed by atoms with van der Waals surface area (Å²) in [6, 6.07) is 20.6. The molecule has 0 spiro atoms. The second kappa shape index (κ2) is 9.80. The predicted molar refractivity (Wildman–Crippen MR) is 134 cm³/mol. The van der Waals surface area contributed by atoms with Crippen LogP contribution in [0.3, 0.4) is 0 Å². The normalized spacial score (nSPS) is 13.9. The lowest BCUT2D eigenvalue weighted by molar-refractivity contribution is -0.110. The van der Waals surface area contributed by atoms with Gasteiger partial charge in [-0.15, -0.1) is 0 Å². The number of methoxy groups -OCH3 is 2. The van der Waals surface area contributed by atoms with Crippen molar-refractivity contribution in [1.29, 1.82) is 0 Å². The molecule has 1 amide bonds. The summed E-state index contributed by atoms with van der Waals surface area (Å²) in [5.41, 5.74) is 5.51. The molecule has 0 atom stereocenters. The summed E-state index contributed by atoms with van der Waals surface area (Å²) in [4.78, 5) is 27.2. The van der Waals surface area contributed by atoms with E-state index in [-0.39, 0.29) is 5.91 Å². The third-order valence-electron chi connectivity index (χ3n) is 5.54. The summed E-state index contributed by atoms with van der Waals surface area (Å²) < 4.78 is 10.4. The predicted octanol–water partition coefficient (Wildman–Crippen LogP) is 4.48. The number of anilines is 2. The fraction of sp³-hybridized carbons (Fsp3) is 0.185. The molecule has 0 aromatic heterocycles. The molecule has 3 aromatic rings. The number of fused-ring (bicyclic) bond motifs is 1. The highest BCUT2D eigenvalue weighted by molar-refractivity contribution is 6.37. The van der Waals surface area contributed by atoms with Gasteiger partial charge < -0.3 is 25.0 Å². The zero-order valence-corrected chi connectivity index (χ0v) is 19.6. The number of hydrogen-bond donors (Lipinski definition) is 2. The summed E-state index contributed by atoms with van der Waals surface area (Å²) in [6.07, 6.45) is 0. The standard InChI is InChI=1S/C27H27N3O4/c1-30(2)16-19-10-12-20(15-23(19)33-3)28-25(17-8-6-5-7-9-17)24-21-13-11-18(27(32)34-4)14-22(21)29-26(24)31/h5-15,28H,16H2,1-4H3,(H,29,31). The molecule has 34 heavy (non-hydrogen) atoms. The Labute approximate surface area is 199 Å². The first kappa shape index (κ1) is 23.1. The molecule has 0 saturated carbocycles. The lowest BCUT2D eigenvalue weighted by Crippen LogP contribution is -2.12. The van der Waals surface area contributed by atoms with Crippen molar-refractivity contribution < 1.29 is 19.1 Å². The molecule has 7 heteroatoms. The number of amides is 1. The van der Waals surface area contributed by atoms with Gasteiger partial charge in [0.05, 0.1) is 36.7 Å². The van der Waals surface area contributed by atoms with Crippen molar-refractivity contribution in [3.8, 4) is 5.75 Å². The van der Waals surface area contributed by atoms with Gasteiger partial charge in [-0.1, -0.05) is 42.5 Å². The molecule has 174 valence electrons. The molecule has 0 radical (unpaired) electrons. The maximum Gasteiger partial charge on any atom is 0.337 e. The second-order valence-corrected chi connectivity index (χ2v) is 8.21. The molecule has 0 saturated heterocycles. The van der Waals surface area contributed by atoms with E-state index in [9.17, 15) is 9.59 Å². The van der Waals surface area contributed by atoms with Gasteiger partial charge in [-0.3, -0.25) is 4.79 Å². The van der Waals surface area contributed by atoms with Crippen LogP contribution in [0.1, 0.15) is 27.0 Å². The van der Waals surface area contributed by atoms with E-state index < -0.39 is 5.97 Å². The van der Waals surface area contributed by atoms with Crippen LogP contribution in [-0.2, 0) is 16.1 Å². The molecule has 4 rings (SSSR count). The van der Waals surface area contributed by atoms with E-state index in [4.69, 9.17) is 9.47 Å². The molecule has 7 nitrogen and oxygen atoms in total. The number of esters is 1. The summed E-state index contributed by atoms with van der Waals surface area (Å²) in [6.45, 7) is 0.744. The summed E-state index contributed by atoms with van der Waals surface area (Å²) in [7, 11) is 6.99. The molecule has 1 aliphatic rings. The molecule has 0 unspecified atom stereocenters. The molecule has 2 N–H and O–H groups in total. The number of benzene rings is 3. The molecule has 0 bridgehead atoms. The van der Waals surface area contributed by atoms with Crippen LogP contribution in [0.25, 0.3) is 11.3 Å². The largest absolute Gasteiger partial charge is 0.496 e. The van der Waals surface area contributed by atoms with Gasteiger partial charge in [0, 0.05) is 29.4 Å². The number of nitrogens with one attached hydrogen (secondary N) is 2. The van der Waals surface area contributed by atoms with Gasteiger partial charge in [0.1, 0.15) is 5.75 Å². The first-order chi connectivity index (χ1) is 16.4. The minimum Gasteiger partial charge on any atom is -0.496 e. The molecule has 3 aromatic carbocycles. The van der Waals surface area contributed by atoms with E-state index in [0.717, 1.165) is 29.1 Å². The van der Waals surface area contributed by atoms with E-state index in [0.29, 0.717) is 28.1 Å². The van der Waals surface area contributed by atoms with Crippen molar-refractivity contribution in [2.75, 3.05) is 38.9 Å².